The number of hydrogen-bond acceptors (Lipinski definition) is 5. The molecule has 4 rings (SSSR count). The molecular formula is C30H43N3O3. The minimum atomic E-state index is -0.280. The van der Waals surface area contributed by atoms with Crippen LogP contribution in [0.1, 0.15) is 82.6 Å². The van der Waals surface area contributed by atoms with E-state index in [1.807, 2.05) is 36.4 Å². The molecule has 2 aliphatic carbocycles. The Morgan fingerprint density at radius 2 is 1.67 bits per heavy atom. The molecule has 0 aromatic heterocycles. The van der Waals surface area contributed by atoms with Gasteiger partial charge in [0.25, 0.3) is 5.69 Å². The summed E-state index contributed by atoms with van der Waals surface area (Å²) in [5, 5.41) is 15.5. The van der Waals surface area contributed by atoms with Gasteiger partial charge in [0.05, 0.1) is 4.92 Å². The lowest BCUT2D eigenvalue weighted by molar-refractivity contribution is -0.385. The summed E-state index contributed by atoms with van der Waals surface area (Å²) in [4.78, 5) is 14.1. The molecule has 36 heavy (non-hydrogen) atoms. The lowest BCUT2D eigenvalue weighted by atomic mass is 9.82. The summed E-state index contributed by atoms with van der Waals surface area (Å²) in [5.74, 6) is 2.01. The van der Waals surface area contributed by atoms with E-state index in [0.29, 0.717) is 29.8 Å². The summed E-state index contributed by atoms with van der Waals surface area (Å²) in [6, 6.07) is 15.8. The maximum absolute atomic E-state index is 11.8. The van der Waals surface area contributed by atoms with E-state index in [4.69, 9.17) is 4.74 Å². The number of benzene rings is 2. The summed E-state index contributed by atoms with van der Waals surface area (Å²) in [6.45, 7) is 1.62. The summed E-state index contributed by atoms with van der Waals surface area (Å²) in [5.41, 5.74) is 0.843. The van der Waals surface area contributed by atoms with E-state index in [0.717, 1.165) is 24.8 Å². The van der Waals surface area contributed by atoms with Crippen LogP contribution in [0.15, 0.2) is 48.5 Å². The topological polar surface area (TPSA) is 67.6 Å². The zero-order chi connectivity index (χ0) is 25.2. The Labute approximate surface area is 216 Å². The number of nitrogens with one attached hydrogen (secondary N) is 1. The van der Waals surface area contributed by atoms with Crippen LogP contribution in [0.2, 0.25) is 0 Å². The number of hydrogen-bond donors (Lipinski definition) is 1. The van der Waals surface area contributed by atoms with Crippen LogP contribution in [-0.2, 0) is 6.54 Å². The lowest BCUT2D eigenvalue weighted by Gasteiger charge is -2.34. The molecule has 2 fully saturated rings. The van der Waals surface area contributed by atoms with E-state index < -0.39 is 0 Å². The fraction of sp³-hybridized carbons (Fsp3) is 0.600. The molecule has 2 aromatic rings. The van der Waals surface area contributed by atoms with Crippen molar-refractivity contribution in [3.63, 3.8) is 0 Å². The van der Waals surface area contributed by atoms with Crippen LogP contribution in [0.3, 0.4) is 0 Å². The van der Waals surface area contributed by atoms with Crippen molar-refractivity contribution in [2.75, 3.05) is 13.6 Å². The number of rotatable bonds is 12. The van der Waals surface area contributed by atoms with Gasteiger partial charge in [-0.2, -0.15) is 0 Å². The third kappa shape index (κ3) is 7.78. The molecule has 2 aromatic carbocycles. The lowest BCUT2D eigenvalue weighted by Crippen LogP contribution is -2.39. The number of nitro benzene ring substituents is 1. The average molecular weight is 494 g/mol. The number of nitrogens with zero attached hydrogens (tertiary/aromatic N) is 2. The van der Waals surface area contributed by atoms with Crippen LogP contribution in [0.4, 0.5) is 5.69 Å². The number of ether oxygens (including phenoxy) is 1. The number of nitro groups is 1. The minimum Gasteiger partial charge on any atom is -0.457 e. The van der Waals surface area contributed by atoms with Crippen molar-refractivity contribution in [2.45, 2.75) is 95.7 Å². The molecule has 6 heteroatoms. The highest BCUT2D eigenvalue weighted by Gasteiger charge is 2.25. The van der Waals surface area contributed by atoms with E-state index in [1.54, 1.807) is 12.1 Å². The largest absolute Gasteiger partial charge is 0.457 e. The van der Waals surface area contributed by atoms with Crippen LogP contribution in [0.25, 0.3) is 0 Å². The first-order chi connectivity index (χ1) is 17.6. The van der Waals surface area contributed by atoms with E-state index in [9.17, 15) is 10.1 Å². The molecule has 1 atom stereocenters. The Hall–Kier alpha value is -2.44. The van der Waals surface area contributed by atoms with Gasteiger partial charge < -0.3 is 15.0 Å². The first kappa shape index (κ1) is 26.6. The van der Waals surface area contributed by atoms with Crippen molar-refractivity contribution in [1.29, 1.82) is 0 Å². The fourth-order valence-electron chi connectivity index (χ4n) is 6.12. The van der Waals surface area contributed by atoms with Crippen molar-refractivity contribution >= 4 is 5.69 Å². The van der Waals surface area contributed by atoms with Crippen molar-refractivity contribution in [3.8, 4) is 11.5 Å². The molecule has 0 aliphatic heterocycles. The zero-order valence-electron chi connectivity index (χ0n) is 21.9. The van der Waals surface area contributed by atoms with Crippen LogP contribution in [0, 0.1) is 16.0 Å². The third-order valence-corrected chi connectivity index (χ3v) is 8.22. The van der Waals surface area contributed by atoms with Crippen LogP contribution in [-0.4, -0.2) is 35.5 Å². The quantitative estimate of drug-likeness (QED) is 0.245. The van der Waals surface area contributed by atoms with Gasteiger partial charge >= 0.3 is 0 Å². The van der Waals surface area contributed by atoms with E-state index >= 15 is 0 Å². The van der Waals surface area contributed by atoms with Crippen molar-refractivity contribution in [1.82, 2.24) is 10.2 Å². The molecule has 196 valence electrons. The van der Waals surface area contributed by atoms with Gasteiger partial charge in [-0.05, 0) is 82.3 Å². The van der Waals surface area contributed by atoms with Gasteiger partial charge in [0, 0.05) is 30.3 Å². The Kier molecular flexibility index (Phi) is 10.2. The summed E-state index contributed by atoms with van der Waals surface area (Å²) in [6.07, 6.45) is 15.5. The van der Waals surface area contributed by atoms with Gasteiger partial charge in [-0.3, -0.25) is 10.1 Å². The van der Waals surface area contributed by atoms with Gasteiger partial charge in [-0.15, -0.1) is 0 Å². The highest BCUT2D eigenvalue weighted by molar-refractivity contribution is 5.46. The molecule has 0 saturated heterocycles. The van der Waals surface area contributed by atoms with Gasteiger partial charge in [-0.1, -0.05) is 56.7 Å². The molecule has 0 spiro atoms. The first-order valence-corrected chi connectivity index (χ1v) is 14.0. The predicted octanol–water partition coefficient (Wildman–Crippen LogP) is 7.47. The molecule has 0 radical (unpaired) electrons. The van der Waals surface area contributed by atoms with E-state index in [2.05, 4.69) is 17.3 Å². The molecule has 0 unspecified atom stereocenters. The standard InChI is InChI=1S/C30H43N3O3/c1-32(26-14-7-3-8-15-26)21-11-18-29(24-12-5-2-6-13-24)31-23-25-22-28(19-20-30(25)33(34)35)36-27-16-9-4-10-17-27/h4,9-10,16-17,19-20,22,24,26,29,31H,2-3,5-8,11-15,18,21,23H2,1H3/t29-/m0/s1. The zero-order valence-corrected chi connectivity index (χ0v) is 21.9. The highest BCUT2D eigenvalue weighted by Crippen LogP contribution is 2.31. The second-order valence-electron chi connectivity index (χ2n) is 10.8. The maximum Gasteiger partial charge on any atom is 0.274 e. The molecule has 0 bridgehead atoms. The SMILES string of the molecule is CN(CCC[C@H](NCc1cc(Oc2ccccc2)ccc1[N+](=O)[O-])C1CCCCC1)C1CCCCC1. The van der Waals surface area contributed by atoms with Gasteiger partial charge in [0.15, 0.2) is 0 Å². The van der Waals surface area contributed by atoms with Crippen LogP contribution < -0.4 is 10.1 Å². The molecule has 6 nitrogen and oxygen atoms in total. The summed E-state index contributed by atoms with van der Waals surface area (Å²) < 4.78 is 5.97. The van der Waals surface area contributed by atoms with Gasteiger partial charge in [0.1, 0.15) is 11.5 Å². The first-order valence-electron chi connectivity index (χ1n) is 14.0. The Balaban J connectivity index is 1.40. The Morgan fingerprint density at radius 1 is 0.972 bits per heavy atom. The molecular weight excluding hydrogens is 450 g/mol. The van der Waals surface area contributed by atoms with Gasteiger partial charge in [0.2, 0.25) is 0 Å². The molecule has 0 heterocycles. The maximum atomic E-state index is 11.8. The second-order valence-corrected chi connectivity index (χ2v) is 10.8. The van der Waals surface area contributed by atoms with Crippen molar-refractivity contribution in [3.05, 3.63) is 64.2 Å². The molecule has 2 aliphatic rings. The van der Waals surface area contributed by atoms with E-state index in [-0.39, 0.29) is 10.6 Å². The summed E-state index contributed by atoms with van der Waals surface area (Å²) in [7, 11) is 2.29. The average Bonchev–Trinajstić information content (AvgIpc) is 2.92. The predicted molar refractivity (Wildman–Crippen MR) is 146 cm³/mol. The van der Waals surface area contributed by atoms with E-state index in [1.165, 1.54) is 70.6 Å². The Morgan fingerprint density at radius 3 is 2.36 bits per heavy atom. The van der Waals surface area contributed by atoms with Crippen molar-refractivity contribution < 1.29 is 9.66 Å². The van der Waals surface area contributed by atoms with Crippen molar-refractivity contribution in [2.24, 2.45) is 5.92 Å². The minimum absolute atomic E-state index is 0.155. The molecule has 2 saturated carbocycles. The monoisotopic (exact) mass is 493 g/mol. The molecule has 1 N–H and O–H groups in total. The van der Waals surface area contributed by atoms with Crippen LogP contribution in [0.5, 0.6) is 11.5 Å². The second kappa shape index (κ2) is 13.8. The number of para-hydroxylation sites is 1. The van der Waals surface area contributed by atoms with Gasteiger partial charge in [-0.25, -0.2) is 0 Å². The Bertz CT molecular complexity index is 940. The highest BCUT2D eigenvalue weighted by atomic mass is 16.6. The normalized spacial score (nSPS) is 18.3. The summed E-state index contributed by atoms with van der Waals surface area (Å²) >= 11 is 0. The molecule has 0 amide bonds. The fourth-order valence-corrected chi connectivity index (χ4v) is 6.12. The third-order valence-electron chi connectivity index (χ3n) is 8.22. The smallest absolute Gasteiger partial charge is 0.274 e. The van der Waals surface area contributed by atoms with Crippen LogP contribution >= 0.6 is 0 Å².